The minimum Gasteiger partial charge on any atom is -0.381 e. The summed E-state index contributed by atoms with van der Waals surface area (Å²) in [5.74, 6) is 0.376. The van der Waals surface area contributed by atoms with E-state index in [1.807, 2.05) is 18.2 Å². The first kappa shape index (κ1) is 12.4. The average Bonchev–Trinajstić information content (AvgIpc) is 2.32. The lowest BCUT2D eigenvalue weighted by atomic mass is 9.89. The van der Waals surface area contributed by atoms with Gasteiger partial charge in [-0.05, 0) is 36.6 Å². The van der Waals surface area contributed by atoms with Crippen molar-refractivity contribution in [2.24, 2.45) is 11.7 Å². The molecule has 1 fully saturated rings. The summed E-state index contributed by atoms with van der Waals surface area (Å²) in [5, 5.41) is 0.737. The van der Waals surface area contributed by atoms with E-state index in [1.54, 1.807) is 0 Å². The zero-order valence-electron chi connectivity index (χ0n) is 8.96. The topological polar surface area (TPSA) is 35.2 Å². The summed E-state index contributed by atoms with van der Waals surface area (Å²) in [5.41, 5.74) is 7.26. The maximum atomic E-state index is 6.25. The second-order valence-corrected chi connectivity index (χ2v) is 5.49. The van der Waals surface area contributed by atoms with E-state index < -0.39 is 0 Å². The van der Waals surface area contributed by atoms with Crippen LogP contribution in [0.1, 0.15) is 24.4 Å². The summed E-state index contributed by atoms with van der Waals surface area (Å²) in [4.78, 5) is 0. The number of nitrogens with two attached hydrogens (primary N) is 1. The lowest BCUT2D eigenvalue weighted by Gasteiger charge is -2.28. The van der Waals surface area contributed by atoms with Gasteiger partial charge in [0.2, 0.25) is 0 Å². The fraction of sp³-hybridized carbons (Fsp3) is 0.500. The van der Waals surface area contributed by atoms with Crippen molar-refractivity contribution in [3.05, 3.63) is 33.3 Å². The van der Waals surface area contributed by atoms with E-state index in [-0.39, 0.29) is 6.04 Å². The van der Waals surface area contributed by atoms with Crippen molar-refractivity contribution in [1.29, 1.82) is 0 Å². The molecule has 2 rings (SSSR count). The molecule has 1 aromatic carbocycles. The summed E-state index contributed by atoms with van der Waals surface area (Å²) in [6, 6.07) is 5.77. The maximum Gasteiger partial charge on any atom is 0.0512 e. The molecule has 4 heteroatoms. The van der Waals surface area contributed by atoms with E-state index in [0.29, 0.717) is 5.92 Å². The molecule has 0 aromatic heterocycles. The number of halogens is 2. The molecule has 0 aliphatic carbocycles. The van der Waals surface area contributed by atoms with Gasteiger partial charge in [-0.1, -0.05) is 27.5 Å². The van der Waals surface area contributed by atoms with E-state index in [9.17, 15) is 0 Å². The lowest BCUT2D eigenvalue weighted by molar-refractivity contribution is 0.0448. The molecule has 0 bridgehead atoms. The molecule has 16 heavy (non-hydrogen) atoms. The smallest absolute Gasteiger partial charge is 0.0512 e. The molecule has 1 aromatic rings. The molecule has 0 spiro atoms. The zero-order chi connectivity index (χ0) is 11.5. The molecule has 1 aliphatic rings. The Kier molecular flexibility index (Phi) is 4.25. The van der Waals surface area contributed by atoms with Crippen LogP contribution in [0.5, 0.6) is 0 Å². The van der Waals surface area contributed by atoms with Crippen molar-refractivity contribution in [1.82, 2.24) is 0 Å². The molecule has 1 aliphatic heterocycles. The number of ether oxygens (including phenoxy) is 1. The molecule has 0 amide bonds. The Morgan fingerprint density at radius 3 is 3.00 bits per heavy atom. The third kappa shape index (κ3) is 2.77. The van der Waals surface area contributed by atoms with Crippen LogP contribution in [-0.4, -0.2) is 13.2 Å². The second kappa shape index (κ2) is 5.50. The molecular weight excluding hydrogens is 289 g/mol. The van der Waals surface area contributed by atoms with Gasteiger partial charge in [0.05, 0.1) is 6.61 Å². The summed E-state index contributed by atoms with van der Waals surface area (Å²) >= 11 is 9.61. The van der Waals surface area contributed by atoms with Crippen LogP contribution in [0.2, 0.25) is 5.02 Å². The first-order chi connectivity index (χ1) is 7.68. The largest absolute Gasteiger partial charge is 0.381 e. The second-order valence-electron chi connectivity index (χ2n) is 4.17. The highest BCUT2D eigenvalue weighted by molar-refractivity contribution is 9.10. The third-order valence-corrected chi connectivity index (χ3v) is 3.86. The van der Waals surface area contributed by atoms with Crippen LogP contribution in [0.3, 0.4) is 0 Å². The Labute approximate surface area is 109 Å². The molecule has 0 radical (unpaired) electrons. The minimum absolute atomic E-state index is 0.0368. The Balaban J connectivity index is 2.18. The van der Waals surface area contributed by atoms with Gasteiger partial charge in [-0.15, -0.1) is 0 Å². The number of hydrogen-bond donors (Lipinski definition) is 1. The predicted octanol–water partition coefficient (Wildman–Crippen LogP) is 3.53. The number of hydrogen-bond acceptors (Lipinski definition) is 2. The maximum absolute atomic E-state index is 6.25. The van der Waals surface area contributed by atoms with Crippen LogP contribution in [0.25, 0.3) is 0 Å². The van der Waals surface area contributed by atoms with E-state index >= 15 is 0 Å². The van der Waals surface area contributed by atoms with E-state index in [1.165, 1.54) is 0 Å². The van der Waals surface area contributed by atoms with Crippen molar-refractivity contribution in [2.75, 3.05) is 13.2 Å². The molecule has 1 heterocycles. The SMILES string of the molecule is NC(c1cc(Br)ccc1Cl)C1CCCOC1. The van der Waals surface area contributed by atoms with Crippen molar-refractivity contribution in [3.63, 3.8) is 0 Å². The molecular formula is C12H15BrClNO. The van der Waals surface area contributed by atoms with E-state index in [4.69, 9.17) is 22.1 Å². The van der Waals surface area contributed by atoms with Crippen molar-refractivity contribution in [3.8, 4) is 0 Å². The highest BCUT2D eigenvalue weighted by Crippen LogP contribution is 2.32. The molecule has 2 N–H and O–H groups in total. The Morgan fingerprint density at radius 1 is 1.50 bits per heavy atom. The Bertz CT molecular complexity index is 366. The fourth-order valence-electron chi connectivity index (χ4n) is 2.07. The van der Waals surface area contributed by atoms with Crippen molar-refractivity contribution >= 4 is 27.5 Å². The van der Waals surface area contributed by atoms with Gasteiger partial charge in [0.25, 0.3) is 0 Å². The summed E-state index contributed by atoms with van der Waals surface area (Å²) in [7, 11) is 0. The van der Waals surface area contributed by atoms with Gasteiger partial charge in [0.1, 0.15) is 0 Å². The molecule has 2 unspecified atom stereocenters. The standard InChI is InChI=1S/C12H15BrClNO/c13-9-3-4-11(14)10(6-9)12(15)8-2-1-5-16-7-8/h3-4,6,8,12H,1-2,5,7,15H2. The highest BCUT2D eigenvalue weighted by atomic mass is 79.9. The van der Waals surface area contributed by atoms with Gasteiger partial charge in [-0.2, -0.15) is 0 Å². The molecule has 2 nitrogen and oxygen atoms in total. The van der Waals surface area contributed by atoms with Gasteiger partial charge in [-0.25, -0.2) is 0 Å². The number of benzene rings is 1. The normalized spacial score (nSPS) is 23.1. The van der Waals surface area contributed by atoms with Crippen LogP contribution in [-0.2, 0) is 4.74 Å². The molecule has 0 saturated carbocycles. The van der Waals surface area contributed by atoms with Crippen LogP contribution in [0.15, 0.2) is 22.7 Å². The summed E-state index contributed by atoms with van der Waals surface area (Å²) in [6.45, 7) is 1.60. The van der Waals surface area contributed by atoms with Gasteiger partial charge in [0.15, 0.2) is 0 Å². The molecule has 1 saturated heterocycles. The Morgan fingerprint density at radius 2 is 2.31 bits per heavy atom. The van der Waals surface area contributed by atoms with Gasteiger partial charge in [-0.3, -0.25) is 0 Å². The van der Waals surface area contributed by atoms with Gasteiger partial charge in [0, 0.05) is 28.1 Å². The van der Waals surface area contributed by atoms with E-state index in [2.05, 4.69) is 15.9 Å². The third-order valence-electron chi connectivity index (χ3n) is 3.02. The molecule has 88 valence electrons. The quantitative estimate of drug-likeness (QED) is 0.907. The van der Waals surface area contributed by atoms with Crippen LogP contribution in [0.4, 0.5) is 0 Å². The van der Waals surface area contributed by atoms with Crippen molar-refractivity contribution in [2.45, 2.75) is 18.9 Å². The van der Waals surface area contributed by atoms with Gasteiger partial charge >= 0.3 is 0 Å². The first-order valence-electron chi connectivity index (χ1n) is 5.47. The fourth-order valence-corrected chi connectivity index (χ4v) is 2.70. The number of rotatable bonds is 2. The lowest BCUT2D eigenvalue weighted by Crippen LogP contribution is -2.29. The molecule has 2 atom stereocenters. The van der Waals surface area contributed by atoms with Crippen molar-refractivity contribution < 1.29 is 4.74 Å². The van der Waals surface area contributed by atoms with E-state index in [0.717, 1.165) is 41.1 Å². The van der Waals surface area contributed by atoms with Crippen LogP contribution < -0.4 is 5.73 Å². The van der Waals surface area contributed by atoms with Crippen LogP contribution >= 0.6 is 27.5 Å². The highest BCUT2D eigenvalue weighted by Gasteiger charge is 2.24. The van der Waals surface area contributed by atoms with Gasteiger partial charge < -0.3 is 10.5 Å². The van der Waals surface area contributed by atoms with Crippen LogP contribution in [0, 0.1) is 5.92 Å². The monoisotopic (exact) mass is 303 g/mol. The Hall–Kier alpha value is -0.0900. The minimum atomic E-state index is -0.0368. The predicted molar refractivity (Wildman–Crippen MR) is 69.6 cm³/mol. The summed E-state index contributed by atoms with van der Waals surface area (Å²) < 4.78 is 6.47. The zero-order valence-corrected chi connectivity index (χ0v) is 11.3. The first-order valence-corrected chi connectivity index (χ1v) is 6.64. The average molecular weight is 305 g/mol. The summed E-state index contributed by atoms with van der Waals surface area (Å²) in [6.07, 6.45) is 2.20.